The molecule has 3 heterocycles. The second-order valence-electron chi connectivity index (χ2n) is 13.0. The van der Waals surface area contributed by atoms with Gasteiger partial charge in [0, 0.05) is 49.9 Å². The third kappa shape index (κ3) is 6.66. The van der Waals surface area contributed by atoms with Crippen molar-refractivity contribution in [2.24, 2.45) is 13.0 Å². The zero-order valence-corrected chi connectivity index (χ0v) is 26.2. The highest BCUT2D eigenvalue weighted by Crippen LogP contribution is 2.31. The van der Waals surface area contributed by atoms with E-state index in [2.05, 4.69) is 42.9 Å². The van der Waals surface area contributed by atoms with Gasteiger partial charge in [0.15, 0.2) is 5.78 Å². The number of benzene rings is 2. The van der Waals surface area contributed by atoms with Crippen LogP contribution in [0.5, 0.6) is 0 Å². The molecule has 0 amide bonds. The summed E-state index contributed by atoms with van der Waals surface area (Å²) >= 11 is 0. The van der Waals surface area contributed by atoms with Gasteiger partial charge in [0.1, 0.15) is 11.5 Å². The fraction of sp³-hybridized carbons (Fsp3) is 0.361. The Kier molecular flexibility index (Phi) is 8.45. The molecular weight excluding hydrogens is 534 g/mol. The quantitative estimate of drug-likeness (QED) is 0.229. The fourth-order valence-electron chi connectivity index (χ4n) is 5.75. The van der Waals surface area contributed by atoms with Crippen molar-refractivity contribution in [3.05, 3.63) is 99.6 Å². The Morgan fingerprint density at radius 3 is 2.42 bits per heavy atom. The number of nitrogens with one attached hydrogen (secondary N) is 1. The Balaban J connectivity index is 1.38. The number of Topliss-reactive ketones (excluding diaryl/α,β-unsaturated/α-hetero) is 1. The van der Waals surface area contributed by atoms with Crippen LogP contribution in [0.25, 0.3) is 11.1 Å². The van der Waals surface area contributed by atoms with E-state index in [0.717, 1.165) is 59.8 Å². The molecule has 0 spiro atoms. The summed E-state index contributed by atoms with van der Waals surface area (Å²) in [6.45, 7) is 12.7. The van der Waals surface area contributed by atoms with Gasteiger partial charge in [-0.1, -0.05) is 70.2 Å². The molecule has 1 aliphatic rings. The first-order valence-electron chi connectivity index (χ1n) is 15.1. The summed E-state index contributed by atoms with van der Waals surface area (Å²) in [7, 11) is 1.74. The van der Waals surface area contributed by atoms with Crippen molar-refractivity contribution in [1.29, 1.82) is 0 Å². The molecule has 3 N–H and O–H groups in total. The van der Waals surface area contributed by atoms with Crippen molar-refractivity contribution in [2.75, 3.05) is 29.0 Å². The van der Waals surface area contributed by atoms with E-state index in [9.17, 15) is 9.59 Å². The van der Waals surface area contributed by atoms with E-state index in [-0.39, 0.29) is 16.8 Å². The molecule has 7 heteroatoms. The summed E-state index contributed by atoms with van der Waals surface area (Å²) in [5, 5.41) is 3.21. The van der Waals surface area contributed by atoms with Crippen molar-refractivity contribution in [2.45, 2.75) is 59.3 Å². The first kappa shape index (κ1) is 30.1. The van der Waals surface area contributed by atoms with Crippen molar-refractivity contribution in [1.82, 2.24) is 9.55 Å². The third-order valence-electron chi connectivity index (χ3n) is 8.67. The van der Waals surface area contributed by atoms with Crippen LogP contribution in [-0.2, 0) is 18.9 Å². The summed E-state index contributed by atoms with van der Waals surface area (Å²) in [4.78, 5) is 33.2. The van der Waals surface area contributed by atoms with Crippen LogP contribution in [0.15, 0.2) is 71.8 Å². The van der Waals surface area contributed by atoms with E-state index < -0.39 is 0 Å². The Bertz CT molecular complexity index is 1690. The Hall–Kier alpha value is -4.39. The normalized spacial score (nSPS) is 14.1. The van der Waals surface area contributed by atoms with E-state index in [1.165, 1.54) is 5.56 Å². The molecular formula is C36H43N5O2. The number of carbonyl (C=O) groups is 1. The minimum Gasteiger partial charge on any atom is -0.397 e. The van der Waals surface area contributed by atoms with Gasteiger partial charge in [0.25, 0.3) is 5.56 Å². The van der Waals surface area contributed by atoms with Crippen LogP contribution in [0.4, 0.5) is 22.9 Å². The molecule has 0 aliphatic carbocycles. The van der Waals surface area contributed by atoms with Crippen LogP contribution in [0.1, 0.15) is 67.6 Å². The van der Waals surface area contributed by atoms with E-state index in [4.69, 9.17) is 5.73 Å². The zero-order chi connectivity index (χ0) is 30.9. The maximum absolute atomic E-state index is 13.2. The minimum atomic E-state index is -0.166. The second-order valence-corrected chi connectivity index (χ2v) is 13.0. The van der Waals surface area contributed by atoms with Crippen LogP contribution in [0.3, 0.4) is 0 Å². The SMILES string of the molecule is Cc1c(CC(=O)c2ccc(C(C)(C)C)cc2)cccc1-c1cc(Nc2cc(N)c(N3CCC(C)CC3)cn2)c(=O)n(C)c1. The number of hydrogen-bond acceptors (Lipinski definition) is 6. The van der Waals surface area contributed by atoms with E-state index in [1.54, 1.807) is 23.9 Å². The number of hydrogen-bond donors (Lipinski definition) is 2. The molecule has 0 radical (unpaired) electrons. The highest BCUT2D eigenvalue weighted by Gasteiger charge is 2.19. The molecule has 2 aromatic carbocycles. The number of aromatic nitrogens is 2. The molecule has 0 unspecified atom stereocenters. The highest BCUT2D eigenvalue weighted by atomic mass is 16.1. The van der Waals surface area contributed by atoms with Gasteiger partial charge in [-0.2, -0.15) is 0 Å². The lowest BCUT2D eigenvalue weighted by atomic mass is 9.86. The smallest absolute Gasteiger partial charge is 0.274 e. The number of anilines is 4. The lowest BCUT2D eigenvalue weighted by molar-refractivity contribution is 0.0992. The summed E-state index contributed by atoms with van der Waals surface area (Å²) < 4.78 is 1.57. The molecule has 2 aromatic heterocycles. The molecule has 4 aromatic rings. The first-order valence-corrected chi connectivity index (χ1v) is 15.1. The Morgan fingerprint density at radius 1 is 1.07 bits per heavy atom. The monoisotopic (exact) mass is 577 g/mol. The lowest BCUT2D eigenvalue weighted by Gasteiger charge is -2.32. The molecule has 7 nitrogen and oxygen atoms in total. The molecule has 224 valence electrons. The zero-order valence-electron chi connectivity index (χ0n) is 26.2. The summed E-state index contributed by atoms with van der Waals surface area (Å²) in [6.07, 6.45) is 6.21. The fourth-order valence-corrected chi connectivity index (χ4v) is 5.75. The number of piperidine rings is 1. The minimum absolute atomic E-state index is 0.0358. The number of nitrogens with two attached hydrogens (primary N) is 1. The predicted molar refractivity (Wildman–Crippen MR) is 178 cm³/mol. The number of carbonyl (C=O) groups excluding carboxylic acids is 1. The van der Waals surface area contributed by atoms with Gasteiger partial charge in [0.05, 0.1) is 17.6 Å². The molecule has 0 bridgehead atoms. The first-order chi connectivity index (χ1) is 20.4. The van der Waals surface area contributed by atoms with Gasteiger partial charge in [-0.3, -0.25) is 9.59 Å². The van der Waals surface area contributed by atoms with E-state index in [1.807, 2.05) is 61.7 Å². The van der Waals surface area contributed by atoms with Gasteiger partial charge >= 0.3 is 0 Å². The van der Waals surface area contributed by atoms with Crippen LogP contribution >= 0.6 is 0 Å². The van der Waals surface area contributed by atoms with Crippen molar-refractivity contribution in [3.8, 4) is 11.1 Å². The van der Waals surface area contributed by atoms with Gasteiger partial charge in [0.2, 0.25) is 0 Å². The highest BCUT2D eigenvalue weighted by molar-refractivity contribution is 5.98. The molecule has 1 fully saturated rings. The summed E-state index contributed by atoms with van der Waals surface area (Å²) in [5.41, 5.74) is 14.0. The van der Waals surface area contributed by atoms with Gasteiger partial charge in [-0.05, 0) is 59.4 Å². The van der Waals surface area contributed by atoms with Gasteiger partial charge in [-0.25, -0.2) is 4.98 Å². The molecule has 1 saturated heterocycles. The lowest BCUT2D eigenvalue weighted by Crippen LogP contribution is -2.33. The third-order valence-corrected chi connectivity index (χ3v) is 8.67. The number of rotatable bonds is 7. The standard InChI is InChI=1S/C36H43N5O2/c1-23-14-16-41(17-15-23)32-21-38-34(20-30(32)37)39-31-18-27(22-40(6)35(31)43)29-9-7-8-26(24(29)2)19-33(42)25-10-12-28(13-11-25)36(3,4)5/h7-13,18,20-23H,14-17,19H2,1-6H3,(H3,37,38,39). The molecule has 0 saturated carbocycles. The molecule has 0 atom stereocenters. The van der Waals surface area contributed by atoms with E-state index >= 15 is 0 Å². The topological polar surface area (TPSA) is 93.2 Å². The number of ketones is 1. The molecule has 1 aliphatic heterocycles. The van der Waals surface area contributed by atoms with Crippen molar-refractivity contribution < 1.29 is 4.79 Å². The molecule has 43 heavy (non-hydrogen) atoms. The largest absolute Gasteiger partial charge is 0.397 e. The average molecular weight is 578 g/mol. The Morgan fingerprint density at radius 2 is 1.77 bits per heavy atom. The van der Waals surface area contributed by atoms with Gasteiger partial charge in [-0.15, -0.1) is 0 Å². The number of pyridine rings is 2. The maximum Gasteiger partial charge on any atom is 0.274 e. The van der Waals surface area contributed by atoms with Gasteiger partial charge < -0.3 is 20.5 Å². The number of aryl methyl sites for hydroxylation is 1. The summed E-state index contributed by atoms with van der Waals surface area (Å²) in [6, 6.07) is 17.6. The number of nitrogen functional groups attached to an aromatic ring is 1. The van der Waals surface area contributed by atoms with Crippen LogP contribution < -0.4 is 21.5 Å². The maximum atomic E-state index is 13.2. The predicted octanol–water partition coefficient (Wildman–Crippen LogP) is 7.04. The Labute approximate surface area is 254 Å². The van der Waals surface area contributed by atoms with Crippen LogP contribution in [-0.4, -0.2) is 28.4 Å². The second kappa shape index (κ2) is 12.1. The van der Waals surface area contributed by atoms with Crippen LogP contribution in [0, 0.1) is 12.8 Å². The number of nitrogens with zero attached hydrogens (tertiary/aromatic N) is 3. The van der Waals surface area contributed by atoms with E-state index in [0.29, 0.717) is 29.2 Å². The average Bonchev–Trinajstić information content (AvgIpc) is 2.97. The van der Waals surface area contributed by atoms with Crippen molar-refractivity contribution in [3.63, 3.8) is 0 Å². The van der Waals surface area contributed by atoms with Crippen molar-refractivity contribution >= 4 is 28.7 Å². The van der Waals surface area contributed by atoms with Crippen LogP contribution in [0.2, 0.25) is 0 Å². The molecule has 5 rings (SSSR count). The summed E-state index contributed by atoms with van der Waals surface area (Å²) in [5.74, 6) is 1.33.